The van der Waals surface area contributed by atoms with Gasteiger partial charge < -0.3 is 15.4 Å². The SMILES string of the molecule is COC1(C)CCCN(CC(C)CCCN)C1. The summed E-state index contributed by atoms with van der Waals surface area (Å²) in [5.41, 5.74) is 5.62. The fourth-order valence-electron chi connectivity index (χ4n) is 2.63. The molecular formula is C13H28N2O. The molecule has 0 aromatic heterocycles. The molecule has 1 saturated heterocycles. The highest BCUT2D eigenvalue weighted by molar-refractivity contribution is 4.85. The largest absolute Gasteiger partial charge is 0.377 e. The van der Waals surface area contributed by atoms with Crippen molar-refractivity contribution in [2.75, 3.05) is 33.3 Å². The summed E-state index contributed by atoms with van der Waals surface area (Å²) in [4.78, 5) is 2.55. The quantitative estimate of drug-likeness (QED) is 0.754. The summed E-state index contributed by atoms with van der Waals surface area (Å²) in [5, 5.41) is 0. The maximum absolute atomic E-state index is 5.61. The zero-order valence-corrected chi connectivity index (χ0v) is 11.2. The fraction of sp³-hybridized carbons (Fsp3) is 1.00. The molecule has 2 unspecified atom stereocenters. The highest BCUT2D eigenvalue weighted by atomic mass is 16.5. The van der Waals surface area contributed by atoms with Crippen LogP contribution in [0.25, 0.3) is 0 Å². The summed E-state index contributed by atoms with van der Waals surface area (Å²) < 4.78 is 5.61. The average Bonchev–Trinajstić information content (AvgIpc) is 2.26. The molecule has 3 heteroatoms. The normalized spacial score (nSPS) is 29.2. The molecule has 16 heavy (non-hydrogen) atoms. The molecule has 3 nitrogen and oxygen atoms in total. The minimum atomic E-state index is 0.0752. The lowest BCUT2D eigenvalue weighted by molar-refractivity contribution is -0.0534. The molecule has 0 aromatic carbocycles. The predicted octanol–water partition coefficient (Wildman–Crippen LogP) is 1.86. The summed E-state index contributed by atoms with van der Waals surface area (Å²) >= 11 is 0. The number of nitrogens with zero attached hydrogens (tertiary/aromatic N) is 1. The zero-order chi connectivity index (χ0) is 12.0. The Morgan fingerprint density at radius 1 is 1.50 bits per heavy atom. The van der Waals surface area contributed by atoms with Crippen molar-refractivity contribution in [1.82, 2.24) is 4.90 Å². The third-order valence-corrected chi connectivity index (χ3v) is 3.70. The Labute approximate surface area is 100 Å². The third kappa shape index (κ3) is 4.40. The van der Waals surface area contributed by atoms with Crippen molar-refractivity contribution in [1.29, 1.82) is 0 Å². The molecule has 2 atom stereocenters. The highest BCUT2D eigenvalue weighted by Crippen LogP contribution is 2.24. The van der Waals surface area contributed by atoms with E-state index < -0.39 is 0 Å². The summed E-state index contributed by atoms with van der Waals surface area (Å²) in [7, 11) is 1.83. The van der Waals surface area contributed by atoms with E-state index in [1.165, 1.54) is 32.4 Å². The average molecular weight is 228 g/mol. The van der Waals surface area contributed by atoms with E-state index in [4.69, 9.17) is 10.5 Å². The maximum atomic E-state index is 5.61. The summed E-state index contributed by atoms with van der Waals surface area (Å²) in [5.74, 6) is 0.753. The molecule has 0 spiro atoms. The molecule has 0 aromatic rings. The van der Waals surface area contributed by atoms with Gasteiger partial charge in [-0.3, -0.25) is 0 Å². The van der Waals surface area contributed by atoms with E-state index in [0.717, 1.165) is 25.4 Å². The standard InChI is InChI=1S/C13H28N2O/c1-12(6-4-8-14)10-15-9-5-7-13(2,11-15)16-3/h12H,4-11,14H2,1-3H3. The van der Waals surface area contributed by atoms with Crippen molar-refractivity contribution in [3.63, 3.8) is 0 Å². The lowest BCUT2D eigenvalue weighted by Gasteiger charge is -2.40. The number of piperidine rings is 1. The van der Waals surface area contributed by atoms with Crippen LogP contribution >= 0.6 is 0 Å². The van der Waals surface area contributed by atoms with Crippen LogP contribution in [0.5, 0.6) is 0 Å². The van der Waals surface area contributed by atoms with E-state index >= 15 is 0 Å². The third-order valence-electron chi connectivity index (χ3n) is 3.70. The van der Waals surface area contributed by atoms with Crippen LogP contribution in [0.15, 0.2) is 0 Å². The van der Waals surface area contributed by atoms with Crippen LogP contribution in [0.1, 0.15) is 39.5 Å². The first-order valence-corrected chi connectivity index (χ1v) is 6.57. The van der Waals surface area contributed by atoms with Gasteiger partial charge in [0.1, 0.15) is 0 Å². The number of likely N-dealkylation sites (tertiary alicyclic amines) is 1. The number of nitrogens with two attached hydrogens (primary N) is 1. The van der Waals surface area contributed by atoms with Crippen molar-refractivity contribution in [2.24, 2.45) is 11.7 Å². The summed E-state index contributed by atoms with van der Waals surface area (Å²) in [6, 6.07) is 0. The van der Waals surface area contributed by atoms with E-state index in [0.29, 0.717) is 0 Å². The van der Waals surface area contributed by atoms with Gasteiger partial charge in [0.05, 0.1) is 5.60 Å². The van der Waals surface area contributed by atoms with Crippen molar-refractivity contribution in [3.8, 4) is 0 Å². The van der Waals surface area contributed by atoms with E-state index in [1.807, 2.05) is 7.11 Å². The van der Waals surface area contributed by atoms with E-state index in [9.17, 15) is 0 Å². The van der Waals surface area contributed by atoms with Crippen LogP contribution in [-0.2, 0) is 4.74 Å². The van der Waals surface area contributed by atoms with Gasteiger partial charge in [-0.05, 0) is 51.6 Å². The minimum Gasteiger partial charge on any atom is -0.377 e. The second-order valence-corrected chi connectivity index (χ2v) is 5.53. The minimum absolute atomic E-state index is 0.0752. The number of hydrogen-bond donors (Lipinski definition) is 1. The van der Waals surface area contributed by atoms with Crippen LogP contribution in [0, 0.1) is 5.92 Å². The van der Waals surface area contributed by atoms with Crippen molar-refractivity contribution in [3.05, 3.63) is 0 Å². The molecular weight excluding hydrogens is 200 g/mol. The summed E-state index contributed by atoms with van der Waals surface area (Å²) in [6.07, 6.45) is 4.85. The van der Waals surface area contributed by atoms with Gasteiger partial charge in [-0.15, -0.1) is 0 Å². The Morgan fingerprint density at radius 2 is 2.25 bits per heavy atom. The van der Waals surface area contributed by atoms with E-state index in [1.54, 1.807) is 0 Å². The molecule has 0 amide bonds. The van der Waals surface area contributed by atoms with Crippen LogP contribution in [-0.4, -0.2) is 43.8 Å². The molecule has 0 saturated carbocycles. The zero-order valence-electron chi connectivity index (χ0n) is 11.2. The van der Waals surface area contributed by atoms with Crippen molar-refractivity contribution in [2.45, 2.75) is 45.1 Å². The Bertz CT molecular complexity index is 198. The topological polar surface area (TPSA) is 38.5 Å². The first kappa shape index (κ1) is 13.9. The van der Waals surface area contributed by atoms with Gasteiger partial charge in [0.25, 0.3) is 0 Å². The molecule has 96 valence electrons. The molecule has 1 heterocycles. The lowest BCUT2D eigenvalue weighted by atomic mass is 9.93. The van der Waals surface area contributed by atoms with Crippen LogP contribution in [0.2, 0.25) is 0 Å². The number of rotatable bonds is 6. The Balaban J connectivity index is 2.31. The first-order valence-electron chi connectivity index (χ1n) is 6.57. The second kappa shape index (κ2) is 6.58. The van der Waals surface area contributed by atoms with Gasteiger partial charge in [0, 0.05) is 20.2 Å². The van der Waals surface area contributed by atoms with Crippen molar-refractivity contribution >= 4 is 0 Å². The van der Waals surface area contributed by atoms with E-state index in [2.05, 4.69) is 18.7 Å². The molecule has 0 bridgehead atoms. The van der Waals surface area contributed by atoms with Gasteiger partial charge in [-0.2, -0.15) is 0 Å². The predicted molar refractivity (Wildman–Crippen MR) is 68.5 cm³/mol. The molecule has 0 aliphatic carbocycles. The molecule has 1 aliphatic heterocycles. The van der Waals surface area contributed by atoms with Gasteiger partial charge in [-0.25, -0.2) is 0 Å². The lowest BCUT2D eigenvalue weighted by Crippen LogP contribution is -2.48. The monoisotopic (exact) mass is 228 g/mol. The molecule has 1 rings (SSSR count). The molecule has 0 radical (unpaired) electrons. The van der Waals surface area contributed by atoms with Crippen molar-refractivity contribution < 1.29 is 4.74 Å². The van der Waals surface area contributed by atoms with Gasteiger partial charge in [-0.1, -0.05) is 6.92 Å². The van der Waals surface area contributed by atoms with Gasteiger partial charge in [0.15, 0.2) is 0 Å². The molecule has 2 N–H and O–H groups in total. The second-order valence-electron chi connectivity index (χ2n) is 5.53. The highest BCUT2D eigenvalue weighted by Gasteiger charge is 2.30. The number of ether oxygens (including phenoxy) is 1. The van der Waals surface area contributed by atoms with Gasteiger partial charge >= 0.3 is 0 Å². The summed E-state index contributed by atoms with van der Waals surface area (Å²) in [6.45, 7) is 8.87. The van der Waals surface area contributed by atoms with Gasteiger partial charge in [0.2, 0.25) is 0 Å². The maximum Gasteiger partial charge on any atom is 0.0777 e. The number of hydrogen-bond acceptors (Lipinski definition) is 3. The van der Waals surface area contributed by atoms with E-state index in [-0.39, 0.29) is 5.60 Å². The van der Waals surface area contributed by atoms with Crippen LogP contribution in [0.3, 0.4) is 0 Å². The first-order chi connectivity index (χ1) is 7.59. The van der Waals surface area contributed by atoms with Crippen LogP contribution < -0.4 is 5.73 Å². The smallest absolute Gasteiger partial charge is 0.0777 e. The molecule has 1 aliphatic rings. The Hall–Kier alpha value is -0.120. The molecule has 1 fully saturated rings. The number of methoxy groups -OCH3 is 1. The fourth-order valence-corrected chi connectivity index (χ4v) is 2.63. The Morgan fingerprint density at radius 3 is 2.88 bits per heavy atom. The van der Waals surface area contributed by atoms with Crippen LogP contribution in [0.4, 0.5) is 0 Å². The Kier molecular flexibility index (Phi) is 5.73.